The van der Waals surface area contributed by atoms with Gasteiger partial charge in [-0.3, -0.25) is 4.79 Å². The van der Waals surface area contributed by atoms with Crippen LogP contribution >= 0.6 is 0 Å². The van der Waals surface area contributed by atoms with Crippen molar-refractivity contribution < 1.29 is 31.1 Å². The molecular weight excluding hydrogens is 469 g/mol. The number of hydrogen-bond donors (Lipinski definition) is 0. The first-order valence-electron chi connectivity index (χ1n) is 11.2. The van der Waals surface area contributed by atoms with Crippen LogP contribution in [0.1, 0.15) is 41.3 Å². The van der Waals surface area contributed by atoms with E-state index in [1.807, 2.05) is 6.92 Å². The summed E-state index contributed by atoms with van der Waals surface area (Å²) >= 11 is 0. The molecule has 0 aromatic heterocycles. The van der Waals surface area contributed by atoms with Gasteiger partial charge < -0.3 is 9.64 Å². The van der Waals surface area contributed by atoms with Gasteiger partial charge in [0.1, 0.15) is 0 Å². The van der Waals surface area contributed by atoms with Crippen LogP contribution in [0.5, 0.6) is 0 Å². The second kappa shape index (κ2) is 9.31. The predicted molar refractivity (Wildman–Crippen MR) is 121 cm³/mol. The molecular formula is C24H27F3N2O4S. The molecule has 1 atom stereocenters. The van der Waals surface area contributed by atoms with Gasteiger partial charge in [0.05, 0.1) is 23.7 Å². The van der Waals surface area contributed by atoms with E-state index in [2.05, 4.69) is 0 Å². The van der Waals surface area contributed by atoms with E-state index < -0.39 is 27.7 Å². The molecule has 2 aliphatic rings. The Morgan fingerprint density at radius 3 is 2.41 bits per heavy atom. The van der Waals surface area contributed by atoms with E-state index in [0.717, 1.165) is 25.0 Å². The molecule has 1 heterocycles. The van der Waals surface area contributed by atoms with Crippen molar-refractivity contribution in [2.75, 3.05) is 31.2 Å². The van der Waals surface area contributed by atoms with Gasteiger partial charge in [-0.15, -0.1) is 0 Å². The summed E-state index contributed by atoms with van der Waals surface area (Å²) in [7, 11) is -3.84. The summed E-state index contributed by atoms with van der Waals surface area (Å²) in [5, 5.41) is 0. The maximum atomic E-state index is 13.8. The van der Waals surface area contributed by atoms with Gasteiger partial charge in [0, 0.05) is 30.4 Å². The Balaban J connectivity index is 1.74. The summed E-state index contributed by atoms with van der Waals surface area (Å²) in [6.45, 7) is 4.52. The highest BCUT2D eigenvalue weighted by atomic mass is 32.2. The fourth-order valence-corrected chi connectivity index (χ4v) is 5.65. The van der Waals surface area contributed by atoms with E-state index in [9.17, 15) is 26.4 Å². The average molecular weight is 497 g/mol. The van der Waals surface area contributed by atoms with Crippen LogP contribution in [0.4, 0.5) is 18.9 Å². The lowest BCUT2D eigenvalue weighted by Gasteiger charge is -2.31. The first-order valence-corrected chi connectivity index (χ1v) is 12.6. The maximum Gasteiger partial charge on any atom is 0.416 e. The topological polar surface area (TPSA) is 66.9 Å². The van der Waals surface area contributed by atoms with Crippen LogP contribution in [-0.4, -0.2) is 51.0 Å². The summed E-state index contributed by atoms with van der Waals surface area (Å²) in [6.07, 6.45) is -2.78. The van der Waals surface area contributed by atoms with E-state index in [0.29, 0.717) is 18.8 Å². The van der Waals surface area contributed by atoms with Crippen molar-refractivity contribution in [1.29, 1.82) is 0 Å². The van der Waals surface area contributed by atoms with E-state index in [1.165, 1.54) is 33.5 Å². The van der Waals surface area contributed by atoms with Gasteiger partial charge in [-0.2, -0.15) is 17.5 Å². The normalized spacial score (nSPS) is 18.5. The van der Waals surface area contributed by atoms with Gasteiger partial charge >= 0.3 is 6.18 Å². The Hall–Kier alpha value is -2.43. The fourth-order valence-electron chi connectivity index (χ4n) is 4.22. The summed E-state index contributed by atoms with van der Waals surface area (Å²) < 4.78 is 72.9. The third-order valence-electron chi connectivity index (χ3n) is 6.43. The number of halogens is 3. The number of amides is 1. The van der Waals surface area contributed by atoms with Gasteiger partial charge in [0.15, 0.2) is 0 Å². The molecule has 10 heteroatoms. The molecule has 1 aliphatic heterocycles. The Morgan fingerprint density at radius 2 is 1.79 bits per heavy atom. The van der Waals surface area contributed by atoms with Crippen LogP contribution in [0.25, 0.3) is 0 Å². The third-order valence-corrected chi connectivity index (χ3v) is 8.32. The Bertz CT molecular complexity index is 1170. The predicted octanol–water partition coefficient (Wildman–Crippen LogP) is 4.48. The van der Waals surface area contributed by atoms with Gasteiger partial charge in [-0.25, -0.2) is 8.42 Å². The molecule has 2 fully saturated rings. The standard InChI is InChI=1S/C24H27F3N2O4S/c1-16-6-9-21(34(31,32)28-10-12-33-13-11-28)15-22(16)23(30)29(17(2)18-7-8-18)20-5-3-4-19(14-20)24(25,26)27/h3-6,9,14-15,17-18H,7-8,10-13H2,1-2H3. The highest BCUT2D eigenvalue weighted by Crippen LogP contribution is 2.39. The second-order valence-corrected chi connectivity index (χ2v) is 10.7. The molecule has 184 valence electrons. The van der Waals surface area contributed by atoms with Crippen molar-refractivity contribution in [2.45, 2.75) is 43.8 Å². The molecule has 1 amide bonds. The quantitative estimate of drug-likeness (QED) is 0.592. The number of sulfonamides is 1. The minimum absolute atomic E-state index is 0.0218. The Morgan fingerprint density at radius 1 is 1.12 bits per heavy atom. The molecule has 0 spiro atoms. The smallest absolute Gasteiger partial charge is 0.379 e. The van der Waals surface area contributed by atoms with E-state index in [-0.39, 0.29) is 41.2 Å². The van der Waals surface area contributed by atoms with E-state index in [1.54, 1.807) is 13.0 Å². The van der Waals surface area contributed by atoms with Crippen molar-refractivity contribution in [3.63, 3.8) is 0 Å². The number of benzene rings is 2. The lowest BCUT2D eigenvalue weighted by Crippen LogP contribution is -2.41. The van der Waals surface area contributed by atoms with Gasteiger partial charge in [0.25, 0.3) is 5.91 Å². The van der Waals surface area contributed by atoms with Crippen molar-refractivity contribution in [3.05, 3.63) is 59.2 Å². The first-order chi connectivity index (χ1) is 16.0. The van der Waals surface area contributed by atoms with E-state index >= 15 is 0 Å². The number of anilines is 1. The van der Waals surface area contributed by atoms with Crippen LogP contribution in [0.2, 0.25) is 0 Å². The van der Waals surface area contributed by atoms with Gasteiger partial charge in [-0.05, 0) is 68.5 Å². The number of rotatable bonds is 6. The minimum atomic E-state index is -4.55. The SMILES string of the molecule is Cc1ccc(S(=O)(=O)N2CCOCC2)cc1C(=O)N(c1cccc(C(F)(F)F)c1)C(C)C1CC1. The molecule has 4 rings (SSSR count). The number of carbonyl (C=O) groups excluding carboxylic acids is 1. The van der Waals surface area contributed by atoms with Crippen LogP contribution < -0.4 is 4.90 Å². The summed E-state index contributed by atoms with van der Waals surface area (Å²) in [5.41, 5.74) is -0.00336. The zero-order chi connectivity index (χ0) is 24.7. The highest BCUT2D eigenvalue weighted by Gasteiger charge is 2.38. The summed E-state index contributed by atoms with van der Waals surface area (Å²) in [6, 6.07) is 8.72. The minimum Gasteiger partial charge on any atom is -0.379 e. The summed E-state index contributed by atoms with van der Waals surface area (Å²) in [5.74, 6) is -0.339. The molecule has 34 heavy (non-hydrogen) atoms. The molecule has 0 bridgehead atoms. The molecule has 2 aromatic rings. The molecule has 0 radical (unpaired) electrons. The zero-order valence-electron chi connectivity index (χ0n) is 19.0. The van der Waals surface area contributed by atoms with Crippen LogP contribution in [0, 0.1) is 12.8 Å². The second-order valence-electron chi connectivity index (χ2n) is 8.79. The number of ether oxygens (including phenoxy) is 1. The fraction of sp³-hybridized carbons (Fsp3) is 0.458. The maximum absolute atomic E-state index is 13.8. The first kappa shape index (κ1) is 24.7. The van der Waals surface area contributed by atoms with Crippen LogP contribution in [-0.2, 0) is 20.9 Å². The molecule has 1 saturated heterocycles. The van der Waals surface area contributed by atoms with Crippen molar-refractivity contribution in [1.82, 2.24) is 4.31 Å². The zero-order valence-corrected chi connectivity index (χ0v) is 19.8. The molecule has 1 unspecified atom stereocenters. The molecule has 1 aliphatic carbocycles. The molecule has 6 nitrogen and oxygen atoms in total. The van der Waals surface area contributed by atoms with Crippen molar-refractivity contribution in [2.24, 2.45) is 5.92 Å². The lowest BCUT2D eigenvalue weighted by molar-refractivity contribution is -0.137. The number of hydrogen-bond acceptors (Lipinski definition) is 4. The highest BCUT2D eigenvalue weighted by molar-refractivity contribution is 7.89. The Labute approximate surface area is 197 Å². The molecule has 0 N–H and O–H groups in total. The number of aryl methyl sites for hydroxylation is 1. The largest absolute Gasteiger partial charge is 0.416 e. The number of nitrogens with zero attached hydrogens (tertiary/aromatic N) is 2. The third kappa shape index (κ3) is 4.99. The van der Waals surface area contributed by atoms with Crippen molar-refractivity contribution >= 4 is 21.6 Å². The monoisotopic (exact) mass is 496 g/mol. The van der Waals surface area contributed by atoms with Crippen LogP contribution in [0.15, 0.2) is 47.4 Å². The number of carbonyl (C=O) groups is 1. The van der Waals surface area contributed by atoms with Gasteiger partial charge in [-0.1, -0.05) is 12.1 Å². The lowest BCUT2D eigenvalue weighted by atomic mass is 10.0. The summed E-state index contributed by atoms with van der Waals surface area (Å²) in [4.78, 5) is 15.1. The van der Waals surface area contributed by atoms with E-state index in [4.69, 9.17) is 4.74 Å². The number of alkyl halides is 3. The molecule has 1 saturated carbocycles. The average Bonchev–Trinajstić information content (AvgIpc) is 3.65. The molecule has 2 aromatic carbocycles. The number of morpholine rings is 1. The van der Waals surface area contributed by atoms with Crippen LogP contribution in [0.3, 0.4) is 0 Å². The van der Waals surface area contributed by atoms with Gasteiger partial charge in [0.2, 0.25) is 10.0 Å². The Kier molecular flexibility index (Phi) is 6.76. The van der Waals surface area contributed by atoms with Crippen molar-refractivity contribution in [3.8, 4) is 0 Å².